The average molecular weight is 282 g/mol. The number of aromatic nitrogens is 2. The molecule has 1 heterocycles. The van der Waals surface area contributed by atoms with Crippen molar-refractivity contribution < 1.29 is 0 Å². The summed E-state index contributed by atoms with van der Waals surface area (Å²) in [5.41, 5.74) is 1.99. The van der Waals surface area contributed by atoms with Crippen molar-refractivity contribution in [2.45, 2.75) is 6.42 Å². The van der Waals surface area contributed by atoms with Crippen molar-refractivity contribution in [2.24, 2.45) is 0 Å². The van der Waals surface area contributed by atoms with E-state index in [1.54, 1.807) is 0 Å². The molecular formula is C10H9N3SSe. The van der Waals surface area contributed by atoms with Crippen LogP contribution in [0.3, 0.4) is 0 Å². The molecule has 2 rings (SSSR count). The van der Waals surface area contributed by atoms with Gasteiger partial charge in [0.15, 0.2) is 0 Å². The number of benzene rings is 1. The van der Waals surface area contributed by atoms with E-state index >= 15 is 0 Å². The minimum absolute atomic E-state index is 0.192. The number of rotatable bonds is 3. The predicted molar refractivity (Wildman–Crippen MR) is 65.3 cm³/mol. The summed E-state index contributed by atoms with van der Waals surface area (Å²) in [4.78, 5) is 2.83. The van der Waals surface area contributed by atoms with E-state index in [1.165, 1.54) is 0 Å². The summed E-state index contributed by atoms with van der Waals surface area (Å²) in [6.07, 6.45) is 0.676. The molecule has 0 atom stereocenters. The molecule has 0 fully saturated rings. The van der Waals surface area contributed by atoms with Crippen LogP contribution >= 0.6 is 12.2 Å². The third kappa shape index (κ3) is 3.23. The molecule has 0 aliphatic heterocycles. The van der Waals surface area contributed by atoms with Crippen molar-refractivity contribution in [1.82, 2.24) is 9.19 Å². The van der Waals surface area contributed by atoms with E-state index in [4.69, 9.17) is 12.2 Å². The molecule has 0 aliphatic carbocycles. The Bertz CT molecular complexity index is 427. The monoisotopic (exact) mass is 283 g/mol. The zero-order valence-corrected chi connectivity index (χ0v) is 10.4. The molecule has 2 aromatic rings. The molecule has 1 aromatic heterocycles. The van der Waals surface area contributed by atoms with E-state index in [9.17, 15) is 0 Å². The van der Waals surface area contributed by atoms with E-state index in [0.717, 1.165) is 16.4 Å². The Morgan fingerprint density at radius 3 is 2.80 bits per heavy atom. The number of hydrogen-bond donors (Lipinski definition) is 1. The van der Waals surface area contributed by atoms with Gasteiger partial charge in [-0.3, -0.25) is 0 Å². The van der Waals surface area contributed by atoms with Crippen molar-refractivity contribution in [3.05, 3.63) is 41.0 Å². The first-order valence-electron chi connectivity index (χ1n) is 4.45. The van der Waals surface area contributed by atoms with Gasteiger partial charge in [-0.05, 0) is 0 Å². The van der Waals surface area contributed by atoms with Crippen LogP contribution in [0.2, 0.25) is 0 Å². The predicted octanol–water partition coefficient (Wildman–Crippen LogP) is 1.52. The van der Waals surface area contributed by atoms with Gasteiger partial charge in [-0.15, -0.1) is 0 Å². The second-order valence-corrected chi connectivity index (χ2v) is 4.76. The zero-order valence-electron chi connectivity index (χ0n) is 7.88. The molecular weight excluding hydrogens is 273 g/mol. The first-order chi connectivity index (χ1) is 7.34. The van der Waals surface area contributed by atoms with Gasteiger partial charge in [0.2, 0.25) is 0 Å². The fourth-order valence-corrected chi connectivity index (χ4v) is 2.36. The van der Waals surface area contributed by atoms with Crippen molar-refractivity contribution in [3.8, 4) is 0 Å². The van der Waals surface area contributed by atoms with Crippen molar-refractivity contribution in [2.75, 3.05) is 5.32 Å². The van der Waals surface area contributed by atoms with Gasteiger partial charge in [0.1, 0.15) is 0 Å². The molecule has 3 nitrogen and oxygen atoms in total. The molecule has 1 aromatic carbocycles. The summed E-state index contributed by atoms with van der Waals surface area (Å²) >= 11 is 5.42. The van der Waals surface area contributed by atoms with Gasteiger partial charge in [-0.2, -0.15) is 0 Å². The summed E-state index contributed by atoms with van der Waals surface area (Å²) in [7, 11) is 0. The minimum atomic E-state index is 0.192. The SMILES string of the molecule is S=C(Cc1c[se]nn1)Nc1ccccc1. The molecule has 0 aliphatic rings. The Kier molecular flexibility index (Phi) is 3.61. The van der Waals surface area contributed by atoms with E-state index in [2.05, 4.69) is 14.5 Å². The zero-order chi connectivity index (χ0) is 10.5. The van der Waals surface area contributed by atoms with Crippen LogP contribution in [0.15, 0.2) is 35.3 Å². The van der Waals surface area contributed by atoms with Gasteiger partial charge >= 0.3 is 99.5 Å². The van der Waals surface area contributed by atoms with Crippen LogP contribution in [0.25, 0.3) is 0 Å². The van der Waals surface area contributed by atoms with Gasteiger partial charge in [0.05, 0.1) is 0 Å². The van der Waals surface area contributed by atoms with E-state index in [0.29, 0.717) is 6.42 Å². The molecule has 0 amide bonds. The summed E-state index contributed by atoms with van der Waals surface area (Å²) in [6, 6.07) is 9.90. The van der Waals surface area contributed by atoms with Gasteiger partial charge in [-0.25, -0.2) is 0 Å². The molecule has 0 spiro atoms. The van der Waals surface area contributed by atoms with Gasteiger partial charge < -0.3 is 0 Å². The van der Waals surface area contributed by atoms with Gasteiger partial charge in [-0.1, -0.05) is 0 Å². The molecule has 0 saturated carbocycles. The Hall–Kier alpha value is -1.03. The molecule has 5 heteroatoms. The maximum atomic E-state index is 5.23. The van der Waals surface area contributed by atoms with E-state index in [-0.39, 0.29) is 14.7 Å². The summed E-state index contributed by atoms with van der Waals surface area (Å²) in [6.45, 7) is 0. The van der Waals surface area contributed by atoms with Crippen LogP contribution in [0.1, 0.15) is 5.69 Å². The topological polar surface area (TPSA) is 37.8 Å². The normalized spacial score (nSPS) is 9.87. The maximum absolute atomic E-state index is 5.23. The molecule has 0 bridgehead atoms. The van der Waals surface area contributed by atoms with E-state index < -0.39 is 0 Å². The van der Waals surface area contributed by atoms with Crippen molar-refractivity contribution in [1.29, 1.82) is 0 Å². The number of para-hydroxylation sites is 1. The van der Waals surface area contributed by atoms with Crippen LogP contribution in [0.5, 0.6) is 0 Å². The standard InChI is InChI=1S/C10H9N3SSe/c14-10(6-9-7-15-13-12-9)11-8-4-2-1-3-5-8/h1-5,7H,6H2,(H,11,14). The number of anilines is 1. The fourth-order valence-electron chi connectivity index (χ4n) is 1.15. The number of hydrogen-bond acceptors (Lipinski definition) is 3. The Balaban J connectivity index is 1.94. The van der Waals surface area contributed by atoms with Crippen LogP contribution in [-0.2, 0) is 6.42 Å². The van der Waals surface area contributed by atoms with Crippen molar-refractivity contribution >= 4 is 37.6 Å². The molecule has 1 N–H and O–H groups in total. The number of nitrogens with zero attached hydrogens (tertiary/aromatic N) is 2. The molecule has 15 heavy (non-hydrogen) atoms. The van der Waals surface area contributed by atoms with Gasteiger partial charge in [0, 0.05) is 0 Å². The average Bonchev–Trinajstić information content (AvgIpc) is 2.71. The first kappa shape index (κ1) is 10.5. The quantitative estimate of drug-likeness (QED) is 0.684. The molecule has 0 unspecified atom stereocenters. The molecule has 0 radical (unpaired) electrons. The Morgan fingerprint density at radius 2 is 2.13 bits per heavy atom. The molecule has 76 valence electrons. The first-order valence-corrected chi connectivity index (χ1v) is 6.62. The van der Waals surface area contributed by atoms with Crippen LogP contribution in [0.4, 0.5) is 5.69 Å². The summed E-state index contributed by atoms with van der Waals surface area (Å²) in [5, 5.41) is 7.17. The van der Waals surface area contributed by atoms with E-state index in [1.807, 2.05) is 35.3 Å². The summed E-state index contributed by atoms with van der Waals surface area (Å²) in [5.74, 6) is 0. The third-order valence-electron chi connectivity index (χ3n) is 1.80. The molecule has 0 saturated heterocycles. The Labute approximate surface area is 99.5 Å². The second-order valence-electron chi connectivity index (χ2n) is 2.99. The second kappa shape index (κ2) is 5.16. The van der Waals surface area contributed by atoms with Crippen LogP contribution in [0, 0.1) is 0 Å². The Morgan fingerprint density at radius 1 is 1.33 bits per heavy atom. The third-order valence-corrected chi connectivity index (χ3v) is 3.21. The van der Waals surface area contributed by atoms with Crippen LogP contribution in [-0.4, -0.2) is 28.9 Å². The van der Waals surface area contributed by atoms with Crippen molar-refractivity contribution in [3.63, 3.8) is 0 Å². The van der Waals surface area contributed by atoms with Gasteiger partial charge in [0.25, 0.3) is 0 Å². The van der Waals surface area contributed by atoms with Crippen LogP contribution < -0.4 is 5.32 Å². The fraction of sp³-hybridized carbons (Fsp3) is 0.100. The number of nitrogens with one attached hydrogen (secondary N) is 1. The number of thiocarbonyl (C=S) groups is 1. The summed E-state index contributed by atoms with van der Waals surface area (Å²) < 4.78 is 3.93.